The maximum Gasteiger partial charge on any atom is 0.192 e. The lowest BCUT2D eigenvalue weighted by atomic mass is 10.0. The van der Waals surface area contributed by atoms with Crippen molar-refractivity contribution in [2.75, 3.05) is 19.8 Å². The van der Waals surface area contributed by atoms with Crippen LogP contribution in [0.2, 0.25) is 0 Å². The average molecular weight is 435 g/mol. The molecule has 162 valence electrons. The summed E-state index contributed by atoms with van der Waals surface area (Å²) < 4.78 is 2.17. The summed E-state index contributed by atoms with van der Waals surface area (Å²) >= 11 is 1.48. The van der Waals surface area contributed by atoms with Gasteiger partial charge in [-0.05, 0) is 62.5 Å². The van der Waals surface area contributed by atoms with E-state index >= 15 is 0 Å². The van der Waals surface area contributed by atoms with Crippen molar-refractivity contribution in [3.8, 4) is 0 Å². The van der Waals surface area contributed by atoms with E-state index in [4.69, 9.17) is 0 Å². The predicted molar refractivity (Wildman–Crippen MR) is 126 cm³/mol. The van der Waals surface area contributed by atoms with Gasteiger partial charge in [0.05, 0.1) is 18.3 Å². The third kappa shape index (κ3) is 4.91. The van der Waals surface area contributed by atoms with Crippen LogP contribution < -0.4 is 0 Å². The first kappa shape index (κ1) is 21.8. The molecule has 31 heavy (non-hydrogen) atoms. The van der Waals surface area contributed by atoms with Crippen molar-refractivity contribution < 1.29 is 4.79 Å². The molecule has 4 rings (SSSR count). The molecule has 0 N–H and O–H groups in total. The van der Waals surface area contributed by atoms with Gasteiger partial charge in [0.1, 0.15) is 0 Å². The lowest BCUT2D eigenvalue weighted by molar-refractivity contribution is 0.102. The minimum Gasteiger partial charge on any atom is -0.300 e. The van der Waals surface area contributed by atoms with Gasteiger partial charge in [-0.15, -0.1) is 10.2 Å². The fourth-order valence-corrected chi connectivity index (χ4v) is 5.14. The lowest BCUT2D eigenvalue weighted by Crippen LogP contribution is -2.23. The number of benzene rings is 2. The number of hydrogen-bond acceptors (Lipinski definition) is 5. The second-order valence-corrected chi connectivity index (χ2v) is 9.29. The Morgan fingerprint density at radius 3 is 2.61 bits per heavy atom. The molecule has 5 nitrogen and oxygen atoms in total. The maximum atomic E-state index is 12.9. The molecule has 2 aromatic carbocycles. The zero-order valence-electron chi connectivity index (χ0n) is 18.5. The molecule has 0 amide bonds. The molecule has 1 atom stereocenters. The summed E-state index contributed by atoms with van der Waals surface area (Å²) in [5.74, 6) is 1.46. The Hall–Kier alpha value is -2.44. The molecule has 0 saturated carbocycles. The molecule has 0 spiro atoms. The molecule has 1 aliphatic carbocycles. The minimum atomic E-state index is 0.148. The van der Waals surface area contributed by atoms with E-state index < -0.39 is 0 Å². The SMILES string of the molecule is CC[C@H](c1nnc(SCC(=O)c2ccc3c(c2)CCC3)n1Cc1ccccc1)N(C)C. The van der Waals surface area contributed by atoms with Gasteiger partial charge in [0, 0.05) is 5.56 Å². The molecule has 1 heterocycles. The van der Waals surface area contributed by atoms with Gasteiger partial charge in [0.2, 0.25) is 0 Å². The second kappa shape index (κ2) is 9.79. The van der Waals surface area contributed by atoms with Gasteiger partial charge in [-0.25, -0.2) is 0 Å². The molecule has 0 unspecified atom stereocenters. The standard InChI is InChI=1S/C25H30N4OS/c1-4-22(28(2)3)24-26-27-25(29(24)16-18-9-6-5-7-10-18)31-17-23(30)21-14-13-19-11-8-12-20(19)15-21/h5-7,9-10,13-15,22H,4,8,11-12,16-17H2,1-3H3/t22-/m1/s1. The number of rotatable bonds is 9. The van der Waals surface area contributed by atoms with Crippen molar-refractivity contribution in [2.45, 2.75) is 50.4 Å². The molecule has 0 radical (unpaired) electrons. The van der Waals surface area contributed by atoms with Crippen molar-refractivity contribution in [1.82, 2.24) is 19.7 Å². The molecule has 0 aliphatic heterocycles. The third-order valence-electron chi connectivity index (χ3n) is 5.99. The summed E-state index contributed by atoms with van der Waals surface area (Å²) in [6.07, 6.45) is 4.35. The first-order chi connectivity index (χ1) is 15.1. The Labute approximate surface area is 188 Å². The van der Waals surface area contributed by atoms with Crippen LogP contribution in [0.1, 0.15) is 58.7 Å². The first-order valence-corrected chi connectivity index (χ1v) is 12.0. The molecule has 0 fully saturated rings. The van der Waals surface area contributed by atoms with Crippen molar-refractivity contribution in [1.29, 1.82) is 0 Å². The molecule has 6 heteroatoms. The number of aromatic nitrogens is 3. The van der Waals surface area contributed by atoms with Gasteiger partial charge in [-0.2, -0.15) is 0 Å². The van der Waals surface area contributed by atoms with E-state index in [1.807, 2.05) is 24.3 Å². The number of hydrogen-bond donors (Lipinski definition) is 0. The van der Waals surface area contributed by atoms with E-state index in [1.54, 1.807) is 0 Å². The van der Waals surface area contributed by atoms with Gasteiger partial charge in [-0.3, -0.25) is 9.69 Å². The largest absolute Gasteiger partial charge is 0.300 e. The predicted octanol–water partition coefficient (Wildman–Crippen LogP) is 4.80. The topological polar surface area (TPSA) is 51.0 Å². The number of thioether (sulfide) groups is 1. The van der Waals surface area contributed by atoms with Crippen LogP contribution in [-0.2, 0) is 19.4 Å². The van der Waals surface area contributed by atoms with Gasteiger partial charge in [0.25, 0.3) is 0 Å². The van der Waals surface area contributed by atoms with E-state index in [9.17, 15) is 4.79 Å². The van der Waals surface area contributed by atoms with E-state index in [2.05, 4.69) is 64.9 Å². The first-order valence-electron chi connectivity index (χ1n) is 11.0. The zero-order chi connectivity index (χ0) is 21.8. The molecular weight excluding hydrogens is 404 g/mol. The van der Waals surface area contributed by atoms with Gasteiger partial charge in [-0.1, -0.05) is 61.2 Å². The average Bonchev–Trinajstić information content (AvgIpc) is 3.40. The van der Waals surface area contributed by atoms with Crippen LogP contribution >= 0.6 is 11.8 Å². The molecule has 0 saturated heterocycles. The Kier molecular flexibility index (Phi) is 6.88. The minimum absolute atomic E-state index is 0.148. The Morgan fingerprint density at radius 1 is 1.10 bits per heavy atom. The fraction of sp³-hybridized carbons (Fsp3) is 0.400. The van der Waals surface area contributed by atoms with Crippen LogP contribution in [0.3, 0.4) is 0 Å². The Bertz CT molecular complexity index is 1040. The van der Waals surface area contributed by atoms with Crippen LogP contribution in [0.5, 0.6) is 0 Å². The normalized spacial score (nSPS) is 14.1. The monoisotopic (exact) mass is 434 g/mol. The van der Waals surface area contributed by atoms with Crippen molar-refractivity contribution in [2.24, 2.45) is 0 Å². The third-order valence-corrected chi connectivity index (χ3v) is 6.96. The highest BCUT2D eigenvalue weighted by atomic mass is 32.2. The quantitative estimate of drug-likeness (QED) is 0.358. The number of fused-ring (bicyclic) bond motifs is 1. The number of carbonyl (C=O) groups is 1. The summed E-state index contributed by atoms with van der Waals surface area (Å²) in [7, 11) is 4.14. The van der Waals surface area contributed by atoms with E-state index in [-0.39, 0.29) is 11.8 Å². The zero-order valence-corrected chi connectivity index (χ0v) is 19.4. The summed E-state index contributed by atoms with van der Waals surface area (Å²) in [4.78, 5) is 15.1. The highest BCUT2D eigenvalue weighted by Crippen LogP contribution is 2.28. The summed E-state index contributed by atoms with van der Waals surface area (Å²) in [5, 5.41) is 9.83. The lowest BCUT2D eigenvalue weighted by Gasteiger charge is -2.23. The Balaban J connectivity index is 1.55. The van der Waals surface area contributed by atoms with Gasteiger partial charge >= 0.3 is 0 Å². The van der Waals surface area contributed by atoms with Crippen molar-refractivity contribution >= 4 is 17.5 Å². The smallest absolute Gasteiger partial charge is 0.192 e. The molecule has 1 aliphatic rings. The number of aryl methyl sites for hydroxylation is 2. The molecule has 3 aromatic rings. The fourth-order valence-electron chi connectivity index (χ4n) is 4.31. The highest BCUT2D eigenvalue weighted by Gasteiger charge is 2.23. The van der Waals surface area contributed by atoms with Crippen molar-refractivity contribution in [3.05, 3.63) is 76.6 Å². The Morgan fingerprint density at radius 2 is 1.87 bits per heavy atom. The second-order valence-electron chi connectivity index (χ2n) is 8.35. The van der Waals surface area contributed by atoms with Crippen LogP contribution in [0.4, 0.5) is 0 Å². The van der Waals surface area contributed by atoms with Crippen molar-refractivity contribution in [3.63, 3.8) is 0 Å². The number of Topliss-reactive ketones (excluding diaryl/α,β-unsaturated/α-hetero) is 1. The summed E-state index contributed by atoms with van der Waals surface area (Å²) in [6, 6.07) is 16.7. The van der Waals surface area contributed by atoms with Gasteiger partial charge < -0.3 is 4.57 Å². The van der Waals surface area contributed by atoms with Crippen LogP contribution in [0, 0.1) is 0 Å². The number of nitrogens with zero attached hydrogens (tertiary/aromatic N) is 4. The highest BCUT2D eigenvalue weighted by molar-refractivity contribution is 7.99. The number of ketones is 1. The van der Waals surface area contributed by atoms with Crippen LogP contribution in [-0.4, -0.2) is 45.3 Å². The molecule has 0 bridgehead atoms. The van der Waals surface area contributed by atoms with E-state index in [0.717, 1.165) is 35.8 Å². The number of carbonyl (C=O) groups excluding carboxylic acids is 1. The van der Waals surface area contributed by atoms with Crippen LogP contribution in [0.25, 0.3) is 0 Å². The molecular formula is C25H30N4OS. The van der Waals surface area contributed by atoms with Gasteiger partial charge in [0.15, 0.2) is 16.8 Å². The van der Waals surface area contributed by atoms with Crippen LogP contribution in [0.15, 0.2) is 53.7 Å². The van der Waals surface area contributed by atoms with E-state index in [1.165, 1.54) is 34.9 Å². The van der Waals surface area contributed by atoms with E-state index in [0.29, 0.717) is 12.3 Å². The maximum absolute atomic E-state index is 12.9. The summed E-state index contributed by atoms with van der Waals surface area (Å²) in [6.45, 7) is 2.86. The molecule has 1 aromatic heterocycles. The summed E-state index contributed by atoms with van der Waals surface area (Å²) in [5.41, 5.74) is 4.74.